The molecule has 166 valence electrons. The number of ether oxygens (including phenoxy) is 1. The van der Waals surface area contributed by atoms with Gasteiger partial charge in [-0.25, -0.2) is 0 Å². The molecule has 1 saturated carbocycles. The van der Waals surface area contributed by atoms with Crippen molar-refractivity contribution in [3.05, 3.63) is 0 Å². The Labute approximate surface area is 176 Å². The van der Waals surface area contributed by atoms with E-state index in [1.807, 2.05) is 0 Å². The summed E-state index contributed by atoms with van der Waals surface area (Å²) in [4.78, 5) is 14.5. The second-order valence-corrected chi connectivity index (χ2v) is 8.93. The van der Waals surface area contributed by atoms with Crippen LogP contribution in [0.5, 0.6) is 0 Å². The van der Waals surface area contributed by atoms with Crippen molar-refractivity contribution in [2.24, 2.45) is 5.92 Å². The van der Waals surface area contributed by atoms with Crippen molar-refractivity contribution in [2.75, 3.05) is 26.2 Å². The Morgan fingerprint density at radius 1 is 0.786 bits per heavy atom. The van der Waals surface area contributed by atoms with Crippen LogP contribution in [-0.2, 0) is 9.53 Å². The van der Waals surface area contributed by atoms with E-state index in [4.69, 9.17) is 4.74 Å². The number of hydrogen-bond acceptors (Lipinski definition) is 3. The number of hydrogen-bond donors (Lipinski definition) is 0. The van der Waals surface area contributed by atoms with Crippen LogP contribution in [-0.4, -0.2) is 37.1 Å². The molecule has 0 heterocycles. The molecule has 0 atom stereocenters. The third-order valence-corrected chi connectivity index (χ3v) is 6.27. The molecule has 1 fully saturated rings. The van der Waals surface area contributed by atoms with Gasteiger partial charge in [-0.1, -0.05) is 90.9 Å². The Hall–Kier alpha value is -0.570. The van der Waals surface area contributed by atoms with Crippen LogP contribution in [0.4, 0.5) is 0 Å². The van der Waals surface area contributed by atoms with E-state index >= 15 is 0 Å². The lowest BCUT2D eigenvalue weighted by Crippen LogP contribution is -2.29. The summed E-state index contributed by atoms with van der Waals surface area (Å²) < 4.78 is 5.35. The lowest BCUT2D eigenvalue weighted by Gasteiger charge is -2.24. The van der Waals surface area contributed by atoms with Crippen LogP contribution in [0.25, 0.3) is 0 Å². The standard InChI is InChI=1S/C25H49NO2/c1-3-5-7-8-9-10-13-20-26(22-19-24-16-11-12-17-24)21-15-18-25(27)28-23-14-6-4-2/h24H,3-23H2,1-2H3. The highest BCUT2D eigenvalue weighted by molar-refractivity contribution is 5.69. The summed E-state index contributed by atoms with van der Waals surface area (Å²) in [5, 5.41) is 0. The molecule has 0 bridgehead atoms. The van der Waals surface area contributed by atoms with E-state index in [2.05, 4.69) is 18.7 Å². The summed E-state index contributed by atoms with van der Waals surface area (Å²) >= 11 is 0. The van der Waals surface area contributed by atoms with Gasteiger partial charge in [0.2, 0.25) is 0 Å². The van der Waals surface area contributed by atoms with Gasteiger partial charge in [-0.3, -0.25) is 4.79 Å². The van der Waals surface area contributed by atoms with Gasteiger partial charge in [-0.15, -0.1) is 0 Å². The van der Waals surface area contributed by atoms with Gasteiger partial charge in [0.15, 0.2) is 0 Å². The maximum Gasteiger partial charge on any atom is 0.305 e. The number of esters is 1. The molecule has 1 aliphatic carbocycles. The van der Waals surface area contributed by atoms with E-state index in [-0.39, 0.29) is 5.97 Å². The molecule has 0 aromatic carbocycles. The van der Waals surface area contributed by atoms with Crippen LogP contribution in [0.15, 0.2) is 0 Å². The summed E-state index contributed by atoms with van der Waals surface area (Å²) in [6.07, 6.45) is 21.6. The maximum absolute atomic E-state index is 11.9. The normalized spacial score (nSPS) is 14.8. The molecule has 0 aromatic heterocycles. The molecule has 0 unspecified atom stereocenters. The SMILES string of the molecule is CCCCCCCCCN(CCCC(=O)OCCCCC)CCC1CCCC1. The van der Waals surface area contributed by atoms with Gasteiger partial charge in [0.25, 0.3) is 0 Å². The van der Waals surface area contributed by atoms with Crippen molar-refractivity contribution in [2.45, 2.75) is 123 Å². The second kappa shape index (κ2) is 18.5. The van der Waals surface area contributed by atoms with Crippen LogP contribution in [0.3, 0.4) is 0 Å². The maximum atomic E-state index is 11.9. The summed E-state index contributed by atoms with van der Waals surface area (Å²) in [5.41, 5.74) is 0. The van der Waals surface area contributed by atoms with Gasteiger partial charge in [0.05, 0.1) is 6.61 Å². The summed E-state index contributed by atoms with van der Waals surface area (Å²) in [5.74, 6) is 0.961. The zero-order valence-corrected chi connectivity index (χ0v) is 19.2. The molecular formula is C25H49NO2. The van der Waals surface area contributed by atoms with Gasteiger partial charge < -0.3 is 9.64 Å². The summed E-state index contributed by atoms with van der Waals surface area (Å²) in [7, 11) is 0. The van der Waals surface area contributed by atoms with Crippen LogP contribution in [0, 0.1) is 5.92 Å². The van der Waals surface area contributed by atoms with E-state index in [0.29, 0.717) is 13.0 Å². The summed E-state index contributed by atoms with van der Waals surface area (Å²) in [6, 6.07) is 0. The van der Waals surface area contributed by atoms with Gasteiger partial charge in [0, 0.05) is 6.42 Å². The van der Waals surface area contributed by atoms with E-state index in [0.717, 1.165) is 31.7 Å². The van der Waals surface area contributed by atoms with Crippen LogP contribution < -0.4 is 0 Å². The fraction of sp³-hybridized carbons (Fsp3) is 0.960. The first-order chi connectivity index (χ1) is 13.8. The minimum Gasteiger partial charge on any atom is -0.466 e. The van der Waals surface area contributed by atoms with Crippen molar-refractivity contribution < 1.29 is 9.53 Å². The third-order valence-electron chi connectivity index (χ3n) is 6.27. The molecule has 0 aromatic rings. The van der Waals surface area contributed by atoms with Crippen molar-refractivity contribution >= 4 is 5.97 Å². The van der Waals surface area contributed by atoms with Crippen LogP contribution >= 0.6 is 0 Å². The molecule has 28 heavy (non-hydrogen) atoms. The number of carbonyl (C=O) groups excluding carboxylic acids is 1. The highest BCUT2D eigenvalue weighted by Crippen LogP contribution is 2.27. The fourth-order valence-electron chi connectivity index (χ4n) is 4.35. The molecule has 0 amide bonds. The lowest BCUT2D eigenvalue weighted by atomic mass is 10.0. The van der Waals surface area contributed by atoms with Crippen molar-refractivity contribution in [3.8, 4) is 0 Å². The molecule has 0 radical (unpaired) electrons. The van der Waals surface area contributed by atoms with E-state index < -0.39 is 0 Å². The van der Waals surface area contributed by atoms with E-state index in [1.165, 1.54) is 96.6 Å². The zero-order chi connectivity index (χ0) is 20.3. The molecule has 0 saturated heterocycles. The quantitative estimate of drug-likeness (QED) is 0.172. The number of rotatable bonds is 19. The topological polar surface area (TPSA) is 29.5 Å². The smallest absolute Gasteiger partial charge is 0.305 e. The minimum atomic E-state index is 0.00256. The second-order valence-electron chi connectivity index (χ2n) is 8.93. The molecule has 0 aliphatic heterocycles. The van der Waals surface area contributed by atoms with Gasteiger partial charge in [0.1, 0.15) is 0 Å². The van der Waals surface area contributed by atoms with Crippen molar-refractivity contribution in [1.29, 1.82) is 0 Å². The Balaban J connectivity index is 2.17. The highest BCUT2D eigenvalue weighted by Gasteiger charge is 2.16. The van der Waals surface area contributed by atoms with Crippen molar-refractivity contribution in [1.82, 2.24) is 4.90 Å². The first-order valence-corrected chi connectivity index (χ1v) is 12.6. The molecule has 0 N–H and O–H groups in total. The highest BCUT2D eigenvalue weighted by atomic mass is 16.5. The number of nitrogens with zero attached hydrogens (tertiary/aromatic N) is 1. The Morgan fingerprint density at radius 3 is 2.11 bits per heavy atom. The Bertz CT molecular complexity index is 352. The molecular weight excluding hydrogens is 346 g/mol. The summed E-state index contributed by atoms with van der Waals surface area (Å²) in [6.45, 7) is 8.57. The van der Waals surface area contributed by atoms with Crippen molar-refractivity contribution in [3.63, 3.8) is 0 Å². The molecule has 3 nitrogen and oxygen atoms in total. The minimum absolute atomic E-state index is 0.00256. The largest absolute Gasteiger partial charge is 0.466 e. The molecule has 3 heteroatoms. The molecule has 0 spiro atoms. The molecule has 1 aliphatic rings. The molecule has 1 rings (SSSR count). The van der Waals surface area contributed by atoms with Crippen LogP contribution in [0.1, 0.15) is 123 Å². The average Bonchev–Trinajstić information content (AvgIpc) is 3.22. The first-order valence-electron chi connectivity index (χ1n) is 12.6. The predicted molar refractivity (Wildman–Crippen MR) is 121 cm³/mol. The Morgan fingerprint density at radius 2 is 1.39 bits per heavy atom. The van der Waals surface area contributed by atoms with E-state index in [9.17, 15) is 4.79 Å². The average molecular weight is 396 g/mol. The third kappa shape index (κ3) is 14.4. The fourth-order valence-corrected chi connectivity index (χ4v) is 4.35. The zero-order valence-electron chi connectivity index (χ0n) is 19.2. The monoisotopic (exact) mass is 395 g/mol. The van der Waals surface area contributed by atoms with Gasteiger partial charge in [-0.05, 0) is 51.2 Å². The predicted octanol–water partition coefficient (Wildman–Crippen LogP) is 7.13. The Kier molecular flexibility index (Phi) is 16.8. The number of carbonyl (C=O) groups is 1. The van der Waals surface area contributed by atoms with Crippen LogP contribution in [0.2, 0.25) is 0 Å². The van der Waals surface area contributed by atoms with E-state index in [1.54, 1.807) is 0 Å². The van der Waals surface area contributed by atoms with Gasteiger partial charge >= 0.3 is 5.97 Å². The van der Waals surface area contributed by atoms with Gasteiger partial charge in [-0.2, -0.15) is 0 Å². The lowest BCUT2D eigenvalue weighted by molar-refractivity contribution is -0.143. The number of unbranched alkanes of at least 4 members (excludes halogenated alkanes) is 8. The first kappa shape index (κ1) is 25.5.